The van der Waals surface area contributed by atoms with Crippen molar-refractivity contribution in [1.29, 1.82) is 0 Å². The van der Waals surface area contributed by atoms with Gasteiger partial charge in [0.15, 0.2) is 0 Å². The van der Waals surface area contributed by atoms with Gasteiger partial charge in [-0.15, -0.1) is 0 Å². The number of aliphatic hydroxyl groups excluding tert-OH is 1. The number of allylic oxidation sites excluding steroid dienone is 11. The van der Waals surface area contributed by atoms with Crippen LogP contribution in [0.15, 0.2) is 210 Å². The van der Waals surface area contributed by atoms with E-state index in [-0.39, 0.29) is 5.76 Å². The van der Waals surface area contributed by atoms with Crippen LogP contribution in [-0.4, -0.2) is 10.8 Å². The fourth-order valence-electron chi connectivity index (χ4n) is 6.81. The summed E-state index contributed by atoms with van der Waals surface area (Å²) in [6, 6.07) is 44.0. The van der Waals surface area contributed by atoms with Crippen molar-refractivity contribution in [3.63, 3.8) is 0 Å². The fourth-order valence-corrected chi connectivity index (χ4v) is 6.81. The monoisotopic (exact) mass is 754 g/mol. The van der Waals surface area contributed by atoms with E-state index in [1.54, 1.807) is 6.08 Å². The van der Waals surface area contributed by atoms with Gasteiger partial charge in [0.05, 0.1) is 5.71 Å². The molecule has 1 heterocycles. The molecular formula is C55H50N2O. The molecule has 3 heteroatoms. The molecule has 1 aliphatic carbocycles. The summed E-state index contributed by atoms with van der Waals surface area (Å²) in [7, 11) is 0. The maximum atomic E-state index is 11.5. The molecule has 0 unspecified atom stereocenters. The van der Waals surface area contributed by atoms with Gasteiger partial charge in [-0.3, -0.25) is 4.99 Å². The number of aliphatic hydroxyl groups is 1. The number of aliphatic imine (C=N–C) groups is 1. The summed E-state index contributed by atoms with van der Waals surface area (Å²) < 4.78 is 0. The molecule has 2 aliphatic rings. The van der Waals surface area contributed by atoms with Crippen molar-refractivity contribution in [2.24, 2.45) is 10.7 Å². The summed E-state index contributed by atoms with van der Waals surface area (Å²) in [5.74, 6) is 6.83. The average molecular weight is 755 g/mol. The second-order valence-electron chi connectivity index (χ2n) is 14.2. The van der Waals surface area contributed by atoms with Crippen molar-refractivity contribution in [3.8, 4) is 23.0 Å². The van der Waals surface area contributed by atoms with Gasteiger partial charge >= 0.3 is 0 Å². The number of rotatable bonds is 9. The third-order valence-electron chi connectivity index (χ3n) is 9.89. The van der Waals surface area contributed by atoms with Crippen molar-refractivity contribution in [1.82, 2.24) is 0 Å². The highest BCUT2D eigenvalue weighted by atomic mass is 16.3. The number of dihydropyridines is 1. The maximum Gasteiger partial charge on any atom is 0.124 e. The summed E-state index contributed by atoms with van der Waals surface area (Å²) in [5, 5.41) is 11.5. The number of hydrogen-bond donors (Lipinski definition) is 2. The lowest BCUT2D eigenvalue weighted by Crippen LogP contribution is -2.05. The zero-order valence-electron chi connectivity index (χ0n) is 33.8. The SMILES string of the molecule is C/C=C\C=C(\O)C(=Cc1cccc(C2=CC(c3ccccc3)=N/C(=C/C=C\N)C2)c1)C1=CC(c2ccc(C)c(-c3ccccc3C)c2)=CCC#C1.Cc1ccccc1. The van der Waals surface area contributed by atoms with Crippen LogP contribution in [0.3, 0.4) is 0 Å². The van der Waals surface area contributed by atoms with Crippen molar-refractivity contribution in [2.75, 3.05) is 0 Å². The molecule has 3 N–H and O–H groups in total. The molecule has 0 radical (unpaired) electrons. The second kappa shape index (κ2) is 20.1. The van der Waals surface area contributed by atoms with E-state index >= 15 is 0 Å². The number of benzene rings is 5. The molecule has 0 saturated heterocycles. The minimum atomic E-state index is 0.152. The molecule has 1 aliphatic heterocycles. The Hall–Kier alpha value is -7.15. The lowest BCUT2D eigenvalue weighted by atomic mass is 9.91. The molecule has 3 nitrogen and oxygen atoms in total. The molecule has 0 atom stereocenters. The molecule has 5 aromatic carbocycles. The van der Waals surface area contributed by atoms with Crippen LogP contribution < -0.4 is 5.73 Å². The first-order chi connectivity index (χ1) is 28.3. The van der Waals surface area contributed by atoms with Crippen LogP contribution in [-0.2, 0) is 0 Å². The first-order valence-electron chi connectivity index (χ1n) is 19.7. The second-order valence-corrected chi connectivity index (χ2v) is 14.2. The van der Waals surface area contributed by atoms with Crippen molar-refractivity contribution in [2.45, 2.75) is 40.5 Å². The highest BCUT2D eigenvalue weighted by Gasteiger charge is 2.16. The zero-order valence-corrected chi connectivity index (χ0v) is 33.8. The largest absolute Gasteiger partial charge is 0.507 e. The Morgan fingerprint density at radius 1 is 0.724 bits per heavy atom. The standard InChI is InChI=1S/C48H42N2O.C7H8/c1-4-5-24-48(51)46(41-20-11-10-19-39(30-41)40-26-25-35(3)45(32-40)44-23-12-9-15-34(44)2)29-36-16-13-21-38(28-36)42-31-43(22-14-27-49)50-47(33-42)37-17-7-6-8-18-37;1-7-5-3-2-4-6-7/h4-9,12-19,21-30,32-33,51H,10,31,49H2,1-3H3;2-6H,1H3/b5-4-,27-14-,43-22+,46-29?,48-24+;. The van der Waals surface area contributed by atoms with E-state index in [2.05, 4.69) is 142 Å². The molecular weight excluding hydrogens is 705 g/mol. The van der Waals surface area contributed by atoms with E-state index < -0.39 is 0 Å². The molecule has 5 aromatic rings. The van der Waals surface area contributed by atoms with E-state index in [0.29, 0.717) is 18.4 Å². The van der Waals surface area contributed by atoms with E-state index in [9.17, 15) is 5.11 Å². The van der Waals surface area contributed by atoms with Gasteiger partial charge in [-0.25, -0.2) is 0 Å². The molecule has 0 bridgehead atoms. The minimum Gasteiger partial charge on any atom is -0.507 e. The number of nitrogens with zero attached hydrogens (tertiary/aromatic N) is 1. The van der Waals surface area contributed by atoms with Gasteiger partial charge in [0.2, 0.25) is 0 Å². The Morgan fingerprint density at radius 3 is 2.17 bits per heavy atom. The minimum absolute atomic E-state index is 0.152. The Morgan fingerprint density at radius 2 is 1.45 bits per heavy atom. The van der Waals surface area contributed by atoms with Crippen LogP contribution in [0.5, 0.6) is 0 Å². The van der Waals surface area contributed by atoms with Gasteiger partial charge < -0.3 is 10.8 Å². The average Bonchev–Trinajstić information content (AvgIpc) is 3.52. The molecule has 0 fully saturated rings. The number of nitrogens with two attached hydrogens (primary N) is 1. The third kappa shape index (κ3) is 10.8. The molecule has 0 aromatic heterocycles. The quantitative estimate of drug-likeness (QED) is 0.0894. The van der Waals surface area contributed by atoms with Gasteiger partial charge in [-0.05, 0) is 133 Å². The van der Waals surface area contributed by atoms with Gasteiger partial charge in [-0.1, -0.05) is 151 Å². The van der Waals surface area contributed by atoms with Crippen LogP contribution in [0, 0.1) is 32.6 Å². The molecule has 0 saturated carbocycles. The Kier molecular flexibility index (Phi) is 14.1. The van der Waals surface area contributed by atoms with Crippen LogP contribution in [0.4, 0.5) is 0 Å². The van der Waals surface area contributed by atoms with Crippen molar-refractivity contribution >= 4 is 22.9 Å². The predicted octanol–water partition coefficient (Wildman–Crippen LogP) is 13.4. The van der Waals surface area contributed by atoms with E-state index in [1.807, 2.05) is 73.7 Å². The van der Waals surface area contributed by atoms with Crippen LogP contribution in [0.25, 0.3) is 28.3 Å². The first kappa shape index (κ1) is 40.5. The third-order valence-corrected chi connectivity index (χ3v) is 9.89. The van der Waals surface area contributed by atoms with E-state index in [4.69, 9.17) is 10.7 Å². The number of hydrogen-bond acceptors (Lipinski definition) is 3. The zero-order chi connectivity index (χ0) is 40.7. The summed E-state index contributed by atoms with van der Waals surface area (Å²) in [4.78, 5) is 4.93. The highest BCUT2D eigenvalue weighted by Crippen LogP contribution is 2.34. The normalized spacial score (nSPS) is 15.1. The smallest absolute Gasteiger partial charge is 0.124 e. The fraction of sp³-hybridized carbons (Fsp3) is 0.109. The van der Waals surface area contributed by atoms with Gasteiger partial charge in [0, 0.05) is 35.2 Å². The van der Waals surface area contributed by atoms with Crippen molar-refractivity contribution in [3.05, 3.63) is 244 Å². The summed E-state index contributed by atoms with van der Waals surface area (Å²) in [5.41, 5.74) is 21.6. The Balaban J connectivity index is 0.000000732. The van der Waals surface area contributed by atoms with Crippen LogP contribution >= 0.6 is 0 Å². The Labute approximate surface area is 344 Å². The van der Waals surface area contributed by atoms with Crippen LogP contribution in [0.1, 0.15) is 58.7 Å². The molecule has 0 spiro atoms. The lowest BCUT2D eigenvalue weighted by molar-refractivity contribution is 0.426. The predicted molar refractivity (Wildman–Crippen MR) is 248 cm³/mol. The molecule has 286 valence electrons. The molecule has 58 heavy (non-hydrogen) atoms. The molecule has 0 amide bonds. The first-order valence-corrected chi connectivity index (χ1v) is 19.7. The van der Waals surface area contributed by atoms with Gasteiger partial charge in [0.1, 0.15) is 5.76 Å². The highest BCUT2D eigenvalue weighted by molar-refractivity contribution is 6.14. The summed E-state index contributed by atoms with van der Waals surface area (Å²) in [6.07, 6.45) is 20.5. The van der Waals surface area contributed by atoms with Gasteiger partial charge in [-0.2, -0.15) is 0 Å². The topological polar surface area (TPSA) is 58.6 Å². The maximum absolute atomic E-state index is 11.5. The molecule has 7 rings (SSSR count). The lowest BCUT2D eigenvalue weighted by Gasteiger charge is -2.17. The summed E-state index contributed by atoms with van der Waals surface area (Å²) >= 11 is 0. The van der Waals surface area contributed by atoms with E-state index in [1.165, 1.54) is 34.0 Å². The Bertz CT molecular complexity index is 2590. The van der Waals surface area contributed by atoms with Crippen molar-refractivity contribution < 1.29 is 5.11 Å². The van der Waals surface area contributed by atoms with E-state index in [0.717, 1.165) is 50.4 Å². The summed E-state index contributed by atoms with van der Waals surface area (Å²) in [6.45, 7) is 8.32. The number of aryl methyl sites for hydroxylation is 3. The van der Waals surface area contributed by atoms with Gasteiger partial charge in [0.25, 0.3) is 0 Å². The van der Waals surface area contributed by atoms with Crippen LogP contribution in [0.2, 0.25) is 0 Å².